The Morgan fingerprint density at radius 3 is 2.49 bits per heavy atom. The van der Waals surface area contributed by atoms with E-state index in [-0.39, 0.29) is 19.1 Å². The molecule has 2 saturated carbocycles. The zero-order valence-corrected chi connectivity index (χ0v) is 24.1. The maximum absolute atomic E-state index is 13.9. The number of carbonyl (C=O) groups excluding carboxylic acids is 3. The molecule has 4 atom stereocenters. The summed E-state index contributed by atoms with van der Waals surface area (Å²) in [7, 11) is 1.48. The summed E-state index contributed by atoms with van der Waals surface area (Å²) in [4.78, 5) is 41.0. The molecule has 3 N–H and O–H groups in total. The van der Waals surface area contributed by atoms with Gasteiger partial charge in [0.25, 0.3) is 0 Å². The fourth-order valence-corrected chi connectivity index (χ4v) is 7.37. The van der Waals surface area contributed by atoms with Crippen molar-refractivity contribution in [3.05, 3.63) is 34.9 Å². The first kappa shape index (κ1) is 29.6. The topological polar surface area (TPSA) is 125 Å². The molecule has 0 spiro atoms. The van der Waals surface area contributed by atoms with Gasteiger partial charge in [-0.15, -0.1) is 0 Å². The fraction of sp³-hybridized carbons (Fsp3) is 0.656. The third-order valence-corrected chi connectivity index (χ3v) is 9.51. The van der Waals surface area contributed by atoms with E-state index in [1.807, 2.05) is 4.90 Å². The molecule has 1 aromatic carbocycles. The summed E-state index contributed by atoms with van der Waals surface area (Å²) in [6.45, 7) is 0.386. The molecule has 0 radical (unpaired) electrons. The highest BCUT2D eigenvalue weighted by Gasteiger charge is 2.51. The lowest BCUT2D eigenvalue weighted by atomic mass is 9.76. The number of amides is 2. The molecule has 1 heterocycles. The molecule has 9 heteroatoms. The van der Waals surface area contributed by atoms with Crippen LogP contribution in [0.1, 0.15) is 92.5 Å². The van der Waals surface area contributed by atoms with E-state index < -0.39 is 30.1 Å². The van der Waals surface area contributed by atoms with E-state index in [9.17, 15) is 24.6 Å². The van der Waals surface area contributed by atoms with E-state index in [0.29, 0.717) is 59.3 Å². The minimum Gasteiger partial charge on any atom is -0.493 e. The Hall–Kier alpha value is -2.91. The minimum absolute atomic E-state index is 0.00710. The van der Waals surface area contributed by atoms with Crippen LogP contribution in [0.3, 0.4) is 0 Å². The van der Waals surface area contributed by atoms with Gasteiger partial charge in [0, 0.05) is 36.2 Å². The second kappa shape index (κ2) is 13.4. The molecule has 1 aliphatic heterocycles. The maximum Gasteiger partial charge on any atom is 0.247 e. The number of fused-ring (bicyclic) bond motifs is 3. The van der Waals surface area contributed by atoms with Crippen molar-refractivity contribution < 1.29 is 34.1 Å². The van der Waals surface area contributed by atoms with Gasteiger partial charge in [-0.1, -0.05) is 44.9 Å². The largest absolute Gasteiger partial charge is 0.493 e. The molecule has 0 unspecified atom stereocenters. The van der Waals surface area contributed by atoms with Crippen LogP contribution in [-0.2, 0) is 9.59 Å². The van der Waals surface area contributed by atoms with Crippen molar-refractivity contribution in [3.63, 3.8) is 0 Å². The molecule has 5 rings (SSSR count). The van der Waals surface area contributed by atoms with E-state index in [1.165, 1.54) is 26.4 Å². The molecular formula is C32H44N2O7. The van der Waals surface area contributed by atoms with Crippen molar-refractivity contribution in [3.8, 4) is 11.5 Å². The van der Waals surface area contributed by atoms with Crippen molar-refractivity contribution in [2.45, 2.75) is 94.8 Å². The number of aldehydes is 1. The molecule has 0 saturated heterocycles. The predicted molar refractivity (Wildman–Crippen MR) is 153 cm³/mol. The first-order chi connectivity index (χ1) is 19.9. The molecule has 9 nitrogen and oxygen atoms in total. The molecule has 0 aromatic heterocycles. The maximum atomic E-state index is 13.9. The number of rotatable bonds is 11. The number of benzene rings is 1. The highest BCUT2D eigenvalue weighted by Crippen LogP contribution is 2.51. The Morgan fingerprint density at radius 1 is 1.10 bits per heavy atom. The van der Waals surface area contributed by atoms with E-state index in [2.05, 4.69) is 5.32 Å². The van der Waals surface area contributed by atoms with Crippen LogP contribution < -0.4 is 14.8 Å². The summed E-state index contributed by atoms with van der Waals surface area (Å²) in [6, 6.07) is 2.50. The highest BCUT2D eigenvalue weighted by molar-refractivity contribution is 5.96. The number of hydrogen-bond donors (Lipinski definition) is 3. The zero-order chi connectivity index (χ0) is 28.9. The van der Waals surface area contributed by atoms with Crippen LogP contribution in [0.15, 0.2) is 23.8 Å². The lowest BCUT2D eigenvalue weighted by molar-refractivity contribution is -0.138. The summed E-state index contributed by atoms with van der Waals surface area (Å²) in [6.07, 6.45) is 12.1. The predicted octanol–water partition coefficient (Wildman–Crippen LogP) is 3.51. The lowest BCUT2D eigenvalue weighted by Gasteiger charge is -2.42. The van der Waals surface area contributed by atoms with E-state index in [0.717, 1.165) is 44.9 Å². The van der Waals surface area contributed by atoms with Crippen LogP contribution in [0.4, 0.5) is 0 Å². The van der Waals surface area contributed by atoms with Gasteiger partial charge < -0.3 is 29.9 Å². The van der Waals surface area contributed by atoms with Crippen molar-refractivity contribution in [1.82, 2.24) is 10.2 Å². The number of methoxy groups -OCH3 is 1. The average Bonchev–Trinajstić information content (AvgIpc) is 3.66. The summed E-state index contributed by atoms with van der Waals surface area (Å²) >= 11 is 0. The van der Waals surface area contributed by atoms with Gasteiger partial charge in [0.2, 0.25) is 11.8 Å². The number of nitrogens with one attached hydrogen (secondary N) is 1. The van der Waals surface area contributed by atoms with Gasteiger partial charge in [-0.05, 0) is 49.3 Å². The van der Waals surface area contributed by atoms with Crippen molar-refractivity contribution in [2.75, 3.05) is 26.8 Å². The van der Waals surface area contributed by atoms with Crippen LogP contribution >= 0.6 is 0 Å². The molecule has 0 bridgehead atoms. The van der Waals surface area contributed by atoms with Crippen LogP contribution in [0.25, 0.3) is 0 Å². The van der Waals surface area contributed by atoms with Crippen LogP contribution in [0.2, 0.25) is 0 Å². The molecule has 224 valence electrons. The van der Waals surface area contributed by atoms with Crippen molar-refractivity contribution >= 4 is 18.1 Å². The molecule has 2 fully saturated rings. The molecular weight excluding hydrogens is 524 g/mol. The van der Waals surface area contributed by atoms with Gasteiger partial charge in [0.1, 0.15) is 18.5 Å². The molecule has 1 aromatic rings. The molecule has 41 heavy (non-hydrogen) atoms. The Labute approximate surface area is 242 Å². The smallest absolute Gasteiger partial charge is 0.247 e. The van der Waals surface area contributed by atoms with Gasteiger partial charge in [-0.3, -0.25) is 14.4 Å². The lowest BCUT2D eigenvalue weighted by Crippen LogP contribution is -2.56. The van der Waals surface area contributed by atoms with Gasteiger partial charge in [-0.25, -0.2) is 0 Å². The highest BCUT2D eigenvalue weighted by atomic mass is 16.5. The van der Waals surface area contributed by atoms with Gasteiger partial charge in [0.05, 0.1) is 25.7 Å². The molecule has 4 aliphatic rings. The number of ether oxygens (including phenoxy) is 2. The first-order valence-corrected chi connectivity index (χ1v) is 15.4. The number of nitrogens with zero attached hydrogens (tertiary/aromatic N) is 1. The van der Waals surface area contributed by atoms with E-state index in [4.69, 9.17) is 9.47 Å². The second-order valence-corrected chi connectivity index (χ2v) is 12.1. The van der Waals surface area contributed by atoms with Crippen LogP contribution in [-0.4, -0.2) is 78.3 Å². The Bertz CT molecular complexity index is 1140. The molecule has 3 aliphatic carbocycles. The third kappa shape index (κ3) is 6.31. The zero-order valence-electron chi connectivity index (χ0n) is 24.1. The van der Waals surface area contributed by atoms with Crippen LogP contribution in [0.5, 0.6) is 11.5 Å². The number of hydrogen-bond acceptors (Lipinski definition) is 7. The Morgan fingerprint density at radius 2 is 1.80 bits per heavy atom. The Kier molecular flexibility index (Phi) is 9.65. The summed E-state index contributed by atoms with van der Waals surface area (Å²) in [5.41, 5.74) is 1.32. The summed E-state index contributed by atoms with van der Waals surface area (Å²) in [5, 5.41) is 24.0. The number of carbonyl (C=O) groups is 3. The normalized spacial score (nSPS) is 26.0. The standard InChI is InChI=1S/C32H44N2O7/c1-40-26-16-22(19-36)15-23-28-24(32(39)33-13-14-35)17-25(29(38)31(28)41-30(23)26)34(18-21-9-3-2-4-10-21)27(37)12-11-20-7-5-6-8-20/h15-17,19-21,25,28-29,31,35,38H,2-14,18H2,1H3,(H,33,39)/t25-,28+,29+,31+/m1/s1. The Balaban J connectivity index is 1.51. The van der Waals surface area contributed by atoms with E-state index >= 15 is 0 Å². The fourth-order valence-electron chi connectivity index (χ4n) is 7.37. The number of aliphatic hydroxyl groups excluding tert-OH is 2. The first-order valence-electron chi connectivity index (χ1n) is 15.4. The summed E-state index contributed by atoms with van der Waals surface area (Å²) < 4.78 is 11.8. The van der Waals surface area contributed by atoms with Gasteiger partial charge >= 0.3 is 0 Å². The SMILES string of the molecule is COc1cc(C=O)cc2c1O[C@@H]1[C@@H](O)[C@H](N(CC3CCCCC3)C(=O)CCC3CCCC3)C=C(C(=O)NCCO)[C@H]21. The van der Waals surface area contributed by atoms with Gasteiger partial charge in [-0.2, -0.15) is 0 Å². The monoisotopic (exact) mass is 568 g/mol. The van der Waals surface area contributed by atoms with Gasteiger partial charge in [0.15, 0.2) is 11.5 Å². The quantitative estimate of drug-likeness (QED) is 0.349. The minimum atomic E-state index is -1.09. The van der Waals surface area contributed by atoms with Crippen molar-refractivity contribution in [2.24, 2.45) is 11.8 Å². The molecule has 2 amide bonds. The second-order valence-electron chi connectivity index (χ2n) is 12.1. The summed E-state index contributed by atoms with van der Waals surface area (Å²) in [5.74, 6) is 0.611. The van der Waals surface area contributed by atoms with Crippen molar-refractivity contribution in [1.29, 1.82) is 0 Å². The third-order valence-electron chi connectivity index (χ3n) is 9.51. The number of aliphatic hydroxyl groups is 2. The van der Waals surface area contributed by atoms with E-state index in [1.54, 1.807) is 18.2 Å². The average molecular weight is 569 g/mol. The van der Waals surface area contributed by atoms with Crippen LogP contribution in [0, 0.1) is 11.8 Å².